The zero-order chi connectivity index (χ0) is 23.8. The molecule has 0 saturated carbocycles. The van der Waals surface area contributed by atoms with E-state index in [0.29, 0.717) is 23.9 Å². The third-order valence-corrected chi connectivity index (χ3v) is 7.94. The summed E-state index contributed by atoms with van der Waals surface area (Å²) in [5.74, 6) is 2.77. The van der Waals surface area contributed by atoms with E-state index in [0.717, 1.165) is 71.1 Å². The van der Waals surface area contributed by atoms with Gasteiger partial charge in [-0.2, -0.15) is 0 Å². The summed E-state index contributed by atoms with van der Waals surface area (Å²) >= 11 is 1.59. The van der Waals surface area contributed by atoms with Crippen molar-refractivity contribution in [1.82, 2.24) is 24.8 Å². The molecular weight excluding hydrogens is 462 g/mol. The molecular formula is C25H29N7O2S. The van der Waals surface area contributed by atoms with Crippen LogP contribution < -0.4 is 20.7 Å². The number of rotatable bonds is 6. The van der Waals surface area contributed by atoms with Crippen molar-refractivity contribution in [1.29, 1.82) is 0 Å². The number of benzene rings is 1. The van der Waals surface area contributed by atoms with Crippen LogP contribution in [-0.2, 0) is 6.54 Å². The number of nitrogens with zero attached hydrogens (tertiary/aromatic N) is 5. The minimum absolute atomic E-state index is 0.402. The van der Waals surface area contributed by atoms with Crippen molar-refractivity contribution in [2.24, 2.45) is 5.92 Å². The van der Waals surface area contributed by atoms with Crippen LogP contribution in [0, 0.1) is 5.92 Å². The smallest absolute Gasteiger partial charge is 0.175 e. The number of imidazole rings is 1. The van der Waals surface area contributed by atoms with Gasteiger partial charge in [0.1, 0.15) is 24.4 Å². The molecule has 9 nitrogen and oxygen atoms in total. The topological polar surface area (TPSA) is 107 Å². The van der Waals surface area contributed by atoms with E-state index >= 15 is 0 Å². The monoisotopic (exact) mass is 491 g/mol. The predicted octanol–water partition coefficient (Wildman–Crippen LogP) is 4.04. The van der Waals surface area contributed by atoms with E-state index in [1.807, 2.05) is 12.1 Å². The summed E-state index contributed by atoms with van der Waals surface area (Å²) in [6, 6.07) is 8.14. The fourth-order valence-corrected chi connectivity index (χ4v) is 5.94. The maximum atomic E-state index is 6.20. The molecule has 0 atom stereocenters. The Bertz CT molecular complexity index is 1330. The normalized spacial score (nSPS) is 16.4. The molecule has 6 rings (SSSR count). The predicted molar refractivity (Wildman–Crippen MR) is 137 cm³/mol. The number of anilines is 2. The number of aryl methyl sites for hydroxylation is 1. The van der Waals surface area contributed by atoms with Gasteiger partial charge < -0.3 is 29.7 Å². The van der Waals surface area contributed by atoms with Crippen LogP contribution in [0.1, 0.15) is 19.3 Å². The first-order valence-corrected chi connectivity index (χ1v) is 12.9. The second-order valence-corrected chi connectivity index (χ2v) is 10.1. The van der Waals surface area contributed by atoms with Crippen molar-refractivity contribution in [2.75, 3.05) is 43.9 Å². The third-order valence-electron chi connectivity index (χ3n) is 6.89. The summed E-state index contributed by atoms with van der Waals surface area (Å²) in [6.07, 6.45) is 6.70. The Morgan fingerprint density at radius 3 is 2.94 bits per heavy atom. The van der Waals surface area contributed by atoms with Crippen LogP contribution in [0.15, 0.2) is 51.3 Å². The van der Waals surface area contributed by atoms with Gasteiger partial charge in [-0.3, -0.25) is 0 Å². The van der Waals surface area contributed by atoms with Crippen molar-refractivity contribution in [2.45, 2.75) is 35.9 Å². The van der Waals surface area contributed by atoms with Gasteiger partial charge in [-0.25, -0.2) is 15.0 Å². The Morgan fingerprint density at radius 1 is 1.23 bits per heavy atom. The summed E-state index contributed by atoms with van der Waals surface area (Å²) in [7, 11) is 2.09. The fraction of sp³-hybridized carbons (Fsp3) is 0.400. The molecule has 0 aliphatic carbocycles. The molecule has 0 radical (unpaired) electrons. The molecule has 2 aliphatic rings. The van der Waals surface area contributed by atoms with Gasteiger partial charge in [-0.15, -0.1) is 0 Å². The van der Waals surface area contributed by atoms with Crippen LogP contribution in [0.5, 0.6) is 5.75 Å². The third kappa shape index (κ3) is 4.32. The number of hydrogen-bond donors (Lipinski definition) is 2. The maximum absolute atomic E-state index is 6.20. The molecule has 1 aromatic carbocycles. The number of nitrogens with one attached hydrogen (secondary N) is 1. The number of furan rings is 1. The minimum atomic E-state index is 0.402. The zero-order valence-corrected chi connectivity index (χ0v) is 20.6. The second kappa shape index (κ2) is 9.43. The number of fused-ring (bicyclic) bond motifs is 2. The number of piperidine rings is 1. The van der Waals surface area contributed by atoms with Crippen LogP contribution in [0.2, 0.25) is 0 Å². The van der Waals surface area contributed by atoms with Crippen LogP contribution in [0.4, 0.5) is 11.5 Å². The van der Waals surface area contributed by atoms with E-state index < -0.39 is 0 Å². The second-order valence-electron chi connectivity index (χ2n) is 9.12. The number of hydrogen-bond acceptors (Lipinski definition) is 9. The molecule has 35 heavy (non-hydrogen) atoms. The van der Waals surface area contributed by atoms with Gasteiger partial charge in [0, 0.05) is 24.1 Å². The first-order chi connectivity index (χ1) is 17.2. The van der Waals surface area contributed by atoms with Crippen molar-refractivity contribution < 1.29 is 9.15 Å². The van der Waals surface area contributed by atoms with E-state index in [-0.39, 0.29) is 0 Å². The van der Waals surface area contributed by atoms with E-state index in [4.69, 9.17) is 19.9 Å². The van der Waals surface area contributed by atoms with E-state index in [2.05, 4.69) is 43.9 Å². The molecule has 3 N–H and O–H groups in total. The molecule has 4 aromatic rings. The molecule has 1 fully saturated rings. The molecule has 0 spiro atoms. The molecule has 10 heteroatoms. The summed E-state index contributed by atoms with van der Waals surface area (Å²) in [4.78, 5) is 16.9. The lowest BCUT2D eigenvalue weighted by atomic mass is 9.95. The number of nitrogens with two attached hydrogens (primary N) is 1. The standard InChI is InChI=1S/C25H29N7O2S/c1-31-10-12-34-20-14-21(17(13-18(20)31)19-3-2-11-33-19)35-25-30-22-23(26)28-15-29-24(22)32(25)9-6-16-4-7-27-8-5-16/h2-3,11,13-16,27H,4-10,12H2,1H3,(H2,26,28,29). The molecule has 3 aromatic heterocycles. The van der Waals surface area contributed by atoms with E-state index in [1.54, 1.807) is 18.0 Å². The number of nitrogen functional groups attached to an aromatic ring is 1. The molecule has 0 bridgehead atoms. The van der Waals surface area contributed by atoms with Gasteiger partial charge in [0.25, 0.3) is 0 Å². The van der Waals surface area contributed by atoms with Gasteiger partial charge in [-0.05, 0) is 62.5 Å². The summed E-state index contributed by atoms with van der Waals surface area (Å²) in [5, 5.41) is 4.30. The summed E-state index contributed by atoms with van der Waals surface area (Å²) in [6.45, 7) is 4.51. The summed E-state index contributed by atoms with van der Waals surface area (Å²) in [5.41, 5.74) is 9.69. The zero-order valence-electron chi connectivity index (χ0n) is 19.7. The van der Waals surface area contributed by atoms with Crippen LogP contribution >= 0.6 is 11.8 Å². The van der Waals surface area contributed by atoms with E-state index in [1.165, 1.54) is 19.2 Å². The van der Waals surface area contributed by atoms with Gasteiger partial charge in [0.15, 0.2) is 22.1 Å². The molecule has 1 saturated heterocycles. The molecule has 2 aliphatic heterocycles. The number of likely N-dealkylation sites (N-methyl/N-ethyl adjacent to an activating group) is 1. The highest BCUT2D eigenvalue weighted by atomic mass is 32.2. The lowest BCUT2D eigenvalue weighted by Crippen LogP contribution is -2.28. The van der Waals surface area contributed by atoms with Gasteiger partial charge in [0.2, 0.25) is 0 Å². The largest absolute Gasteiger partial charge is 0.490 e. The maximum Gasteiger partial charge on any atom is 0.175 e. The Kier molecular flexibility index (Phi) is 5.99. The minimum Gasteiger partial charge on any atom is -0.490 e. The average Bonchev–Trinajstić information content (AvgIpc) is 3.53. The Labute approximate surface area is 208 Å². The molecule has 5 heterocycles. The Hall–Kier alpha value is -3.24. The lowest BCUT2D eigenvalue weighted by molar-refractivity contribution is 0.310. The first kappa shape index (κ1) is 22.2. The van der Waals surface area contributed by atoms with Crippen molar-refractivity contribution in [3.05, 3.63) is 36.9 Å². The number of ether oxygens (including phenoxy) is 1. The quantitative estimate of drug-likeness (QED) is 0.413. The van der Waals surface area contributed by atoms with Gasteiger partial charge in [0.05, 0.1) is 18.5 Å². The van der Waals surface area contributed by atoms with Crippen molar-refractivity contribution in [3.8, 4) is 17.1 Å². The van der Waals surface area contributed by atoms with Crippen LogP contribution in [0.25, 0.3) is 22.5 Å². The molecule has 0 unspecified atom stereocenters. The lowest BCUT2D eigenvalue weighted by Gasteiger charge is -2.28. The van der Waals surface area contributed by atoms with E-state index in [9.17, 15) is 0 Å². The van der Waals surface area contributed by atoms with Crippen molar-refractivity contribution in [3.63, 3.8) is 0 Å². The number of aromatic nitrogens is 4. The fourth-order valence-electron chi connectivity index (χ4n) is 4.88. The van der Waals surface area contributed by atoms with Gasteiger partial charge >= 0.3 is 0 Å². The highest BCUT2D eigenvalue weighted by Crippen LogP contribution is 2.44. The SMILES string of the molecule is CN1CCOc2cc(Sc3nc4c(N)ncnc4n3CCC3CCNCC3)c(-c3ccco3)cc21. The van der Waals surface area contributed by atoms with Crippen LogP contribution in [0.3, 0.4) is 0 Å². The van der Waals surface area contributed by atoms with Gasteiger partial charge in [-0.1, -0.05) is 11.8 Å². The van der Waals surface area contributed by atoms with Crippen LogP contribution in [-0.4, -0.2) is 52.8 Å². The van der Waals surface area contributed by atoms with Crippen molar-refractivity contribution >= 4 is 34.4 Å². The molecule has 182 valence electrons. The highest BCUT2D eigenvalue weighted by molar-refractivity contribution is 7.99. The average molecular weight is 492 g/mol. The molecule has 0 amide bonds. The Morgan fingerprint density at radius 2 is 2.11 bits per heavy atom. The highest BCUT2D eigenvalue weighted by Gasteiger charge is 2.24. The summed E-state index contributed by atoms with van der Waals surface area (Å²) < 4.78 is 14.0. The Balaban J connectivity index is 1.41. The first-order valence-electron chi connectivity index (χ1n) is 12.1.